The zero-order chi connectivity index (χ0) is 6.57. The van der Waals surface area contributed by atoms with Gasteiger partial charge < -0.3 is 16.2 Å². The minimum atomic E-state index is -0.642. The number of nitrogens with two attached hydrogens (primary N) is 1. The molecule has 0 saturated heterocycles. The standard InChI is InChI=1S/C5H10N2O/c1-4(8)5(7)2-3-6/h2-4,6,8H,7H2,1H3. The lowest BCUT2D eigenvalue weighted by atomic mass is 10.3. The normalized spacial score (nSPS) is 15.5. The molecule has 0 amide bonds. The van der Waals surface area contributed by atoms with Crippen molar-refractivity contribution in [3.05, 3.63) is 11.8 Å². The van der Waals surface area contributed by atoms with Gasteiger partial charge in [-0.25, -0.2) is 0 Å². The van der Waals surface area contributed by atoms with Crippen LogP contribution in [0.15, 0.2) is 11.8 Å². The Labute approximate surface area is 48.3 Å². The second-order valence-electron chi connectivity index (χ2n) is 1.51. The molecule has 0 saturated carbocycles. The molecule has 0 fully saturated rings. The van der Waals surface area contributed by atoms with Crippen molar-refractivity contribution < 1.29 is 5.11 Å². The Hall–Kier alpha value is -0.830. The molecule has 4 N–H and O–H groups in total. The van der Waals surface area contributed by atoms with Crippen LogP contribution in [0.4, 0.5) is 0 Å². The highest BCUT2D eigenvalue weighted by Crippen LogP contribution is 1.88. The Morgan fingerprint density at radius 3 is 2.50 bits per heavy atom. The van der Waals surface area contributed by atoms with Crippen molar-refractivity contribution in [3.63, 3.8) is 0 Å². The third-order valence-corrected chi connectivity index (χ3v) is 0.758. The van der Waals surface area contributed by atoms with Crippen molar-refractivity contribution in [1.82, 2.24) is 0 Å². The van der Waals surface area contributed by atoms with E-state index in [0.29, 0.717) is 5.70 Å². The van der Waals surface area contributed by atoms with Gasteiger partial charge in [0.05, 0.1) is 6.10 Å². The first-order chi connectivity index (χ1) is 3.68. The highest BCUT2D eigenvalue weighted by molar-refractivity contribution is 5.68. The quantitative estimate of drug-likeness (QED) is 0.437. The summed E-state index contributed by atoms with van der Waals surface area (Å²) < 4.78 is 0. The number of hydrogen-bond acceptors (Lipinski definition) is 3. The predicted molar refractivity (Wildman–Crippen MR) is 32.7 cm³/mol. The topological polar surface area (TPSA) is 70.1 Å². The molecule has 0 aromatic carbocycles. The van der Waals surface area contributed by atoms with Crippen molar-refractivity contribution in [2.45, 2.75) is 13.0 Å². The van der Waals surface area contributed by atoms with E-state index in [0.717, 1.165) is 6.21 Å². The van der Waals surface area contributed by atoms with E-state index < -0.39 is 6.10 Å². The molecule has 0 aromatic rings. The van der Waals surface area contributed by atoms with E-state index in [1.807, 2.05) is 0 Å². The fourth-order valence-electron chi connectivity index (χ4n) is 0.235. The summed E-state index contributed by atoms with van der Waals surface area (Å²) in [5.74, 6) is 0. The van der Waals surface area contributed by atoms with Gasteiger partial charge in [-0.3, -0.25) is 0 Å². The van der Waals surface area contributed by atoms with E-state index in [4.69, 9.17) is 16.2 Å². The molecule has 46 valence electrons. The highest BCUT2D eigenvalue weighted by Gasteiger charge is 1.94. The van der Waals surface area contributed by atoms with E-state index in [1.54, 1.807) is 6.92 Å². The lowest BCUT2D eigenvalue weighted by molar-refractivity contribution is 0.230. The van der Waals surface area contributed by atoms with Crippen LogP contribution in [0.3, 0.4) is 0 Å². The zero-order valence-corrected chi connectivity index (χ0v) is 4.76. The molecule has 0 aliphatic heterocycles. The van der Waals surface area contributed by atoms with Crippen LogP contribution in [0.2, 0.25) is 0 Å². The van der Waals surface area contributed by atoms with Crippen LogP contribution in [0, 0.1) is 5.41 Å². The van der Waals surface area contributed by atoms with Crippen molar-refractivity contribution in [1.29, 1.82) is 5.41 Å². The van der Waals surface area contributed by atoms with Gasteiger partial charge in [-0.05, 0) is 13.0 Å². The Kier molecular flexibility index (Phi) is 2.88. The first kappa shape index (κ1) is 7.17. The number of nitrogens with one attached hydrogen (secondary N) is 1. The molecule has 0 rings (SSSR count). The van der Waals surface area contributed by atoms with Crippen LogP contribution in [-0.4, -0.2) is 17.4 Å². The molecule has 0 aromatic heterocycles. The van der Waals surface area contributed by atoms with Gasteiger partial charge in [0.15, 0.2) is 0 Å². The summed E-state index contributed by atoms with van der Waals surface area (Å²) in [5.41, 5.74) is 5.51. The van der Waals surface area contributed by atoms with Crippen LogP contribution in [0.25, 0.3) is 0 Å². The van der Waals surface area contributed by atoms with Gasteiger partial charge in [-0.1, -0.05) is 0 Å². The largest absolute Gasteiger partial charge is 0.400 e. The summed E-state index contributed by atoms with van der Waals surface area (Å²) in [6, 6.07) is 0. The summed E-state index contributed by atoms with van der Waals surface area (Å²) in [4.78, 5) is 0. The zero-order valence-electron chi connectivity index (χ0n) is 4.76. The predicted octanol–water partition coefficient (Wildman–Crippen LogP) is -0.141. The van der Waals surface area contributed by atoms with Crippen molar-refractivity contribution in [3.8, 4) is 0 Å². The van der Waals surface area contributed by atoms with Crippen molar-refractivity contribution in [2.75, 3.05) is 0 Å². The number of aliphatic hydroxyl groups is 1. The Balaban J connectivity index is 3.78. The van der Waals surface area contributed by atoms with Gasteiger partial charge in [0, 0.05) is 11.9 Å². The Morgan fingerprint density at radius 1 is 1.88 bits per heavy atom. The summed E-state index contributed by atoms with van der Waals surface area (Å²) in [6.07, 6.45) is 1.75. The number of aliphatic hydroxyl groups excluding tert-OH is 1. The third kappa shape index (κ3) is 2.36. The minimum Gasteiger partial charge on any atom is -0.400 e. The molecule has 3 nitrogen and oxygen atoms in total. The summed E-state index contributed by atoms with van der Waals surface area (Å²) in [5, 5.41) is 15.2. The SMILES string of the molecule is CC(O)C(N)=CC=N. The molecule has 0 radical (unpaired) electrons. The van der Waals surface area contributed by atoms with Gasteiger partial charge in [-0.2, -0.15) is 0 Å². The molecule has 1 atom stereocenters. The maximum absolute atomic E-state index is 8.66. The summed E-state index contributed by atoms with van der Waals surface area (Å²) in [7, 11) is 0. The molecule has 1 unspecified atom stereocenters. The van der Waals surface area contributed by atoms with Crippen LogP contribution in [0.5, 0.6) is 0 Å². The monoisotopic (exact) mass is 114 g/mol. The van der Waals surface area contributed by atoms with E-state index in [1.165, 1.54) is 6.08 Å². The van der Waals surface area contributed by atoms with Crippen LogP contribution in [-0.2, 0) is 0 Å². The van der Waals surface area contributed by atoms with Gasteiger partial charge in [0.25, 0.3) is 0 Å². The average molecular weight is 114 g/mol. The fraction of sp³-hybridized carbons (Fsp3) is 0.400. The van der Waals surface area contributed by atoms with E-state index in [9.17, 15) is 0 Å². The molecular formula is C5H10N2O. The maximum Gasteiger partial charge on any atom is 0.0904 e. The summed E-state index contributed by atoms with van der Waals surface area (Å²) in [6.45, 7) is 1.55. The Morgan fingerprint density at radius 2 is 2.38 bits per heavy atom. The molecule has 8 heavy (non-hydrogen) atoms. The lowest BCUT2D eigenvalue weighted by Crippen LogP contribution is -2.12. The van der Waals surface area contributed by atoms with Crippen LogP contribution in [0.1, 0.15) is 6.92 Å². The molecular weight excluding hydrogens is 104 g/mol. The maximum atomic E-state index is 8.66. The smallest absolute Gasteiger partial charge is 0.0904 e. The second kappa shape index (κ2) is 3.21. The minimum absolute atomic E-state index is 0.319. The average Bonchev–Trinajstić information content (AvgIpc) is 1.67. The number of allylic oxidation sites excluding steroid dienone is 1. The number of rotatable bonds is 2. The van der Waals surface area contributed by atoms with Gasteiger partial charge in [0.2, 0.25) is 0 Å². The third-order valence-electron chi connectivity index (χ3n) is 0.758. The van der Waals surface area contributed by atoms with E-state index in [-0.39, 0.29) is 0 Å². The molecule has 0 heterocycles. The first-order valence-corrected chi connectivity index (χ1v) is 2.32. The first-order valence-electron chi connectivity index (χ1n) is 2.32. The molecule has 0 aliphatic carbocycles. The second-order valence-corrected chi connectivity index (χ2v) is 1.51. The summed E-state index contributed by atoms with van der Waals surface area (Å²) >= 11 is 0. The molecule has 3 heteroatoms. The van der Waals surface area contributed by atoms with Gasteiger partial charge in [-0.15, -0.1) is 0 Å². The Bertz CT molecular complexity index is 107. The van der Waals surface area contributed by atoms with E-state index in [2.05, 4.69) is 0 Å². The van der Waals surface area contributed by atoms with Crippen molar-refractivity contribution >= 4 is 6.21 Å². The fourth-order valence-corrected chi connectivity index (χ4v) is 0.235. The van der Waals surface area contributed by atoms with Gasteiger partial charge in [0.1, 0.15) is 0 Å². The number of hydrogen-bond donors (Lipinski definition) is 3. The van der Waals surface area contributed by atoms with Crippen molar-refractivity contribution in [2.24, 2.45) is 5.73 Å². The molecule has 0 spiro atoms. The lowest BCUT2D eigenvalue weighted by Gasteiger charge is -1.99. The van der Waals surface area contributed by atoms with Crippen LogP contribution >= 0.6 is 0 Å². The van der Waals surface area contributed by atoms with E-state index >= 15 is 0 Å². The molecule has 0 bridgehead atoms. The van der Waals surface area contributed by atoms with Crippen LogP contribution < -0.4 is 5.73 Å². The molecule has 0 aliphatic rings. The highest BCUT2D eigenvalue weighted by atomic mass is 16.3. The van der Waals surface area contributed by atoms with Gasteiger partial charge >= 0.3 is 0 Å².